The van der Waals surface area contributed by atoms with E-state index in [-0.39, 0.29) is 24.3 Å². The van der Waals surface area contributed by atoms with Gasteiger partial charge in [0.1, 0.15) is 5.75 Å². The molecule has 3 aromatic carbocycles. The highest BCUT2D eigenvalue weighted by molar-refractivity contribution is 6.30. The van der Waals surface area contributed by atoms with Crippen LogP contribution in [0.25, 0.3) is 10.9 Å². The summed E-state index contributed by atoms with van der Waals surface area (Å²) in [4.78, 5) is 29.7. The summed E-state index contributed by atoms with van der Waals surface area (Å²) in [6.07, 6.45) is 5.68. The zero-order valence-corrected chi connectivity index (χ0v) is 22.0. The van der Waals surface area contributed by atoms with Gasteiger partial charge in [-0.05, 0) is 79.9 Å². The molecule has 1 aromatic heterocycles. The number of carbonyl (C=O) groups is 2. The maximum atomic E-state index is 14.0. The van der Waals surface area contributed by atoms with E-state index < -0.39 is 0 Å². The molecule has 190 valence electrons. The number of ether oxygens (including phenoxy) is 1. The third-order valence-electron chi connectivity index (χ3n) is 7.41. The van der Waals surface area contributed by atoms with Crippen molar-refractivity contribution in [2.24, 2.45) is 0 Å². The van der Waals surface area contributed by atoms with Gasteiger partial charge in [-0.3, -0.25) is 14.2 Å². The molecule has 0 spiro atoms. The van der Waals surface area contributed by atoms with Crippen LogP contribution in [0.1, 0.15) is 53.7 Å². The highest BCUT2D eigenvalue weighted by atomic mass is 35.5. The third kappa shape index (κ3) is 5.01. The van der Waals surface area contributed by atoms with Crippen LogP contribution in [0.15, 0.2) is 72.8 Å². The van der Waals surface area contributed by atoms with Gasteiger partial charge < -0.3 is 9.64 Å². The van der Waals surface area contributed by atoms with E-state index in [1.165, 1.54) is 6.42 Å². The summed E-state index contributed by atoms with van der Waals surface area (Å²) in [6.45, 7) is 1.91. The summed E-state index contributed by atoms with van der Waals surface area (Å²) in [5.74, 6) is 0.571. The monoisotopic (exact) mass is 514 g/mol. The highest BCUT2D eigenvalue weighted by Crippen LogP contribution is 2.33. The van der Waals surface area contributed by atoms with Gasteiger partial charge in [0.2, 0.25) is 5.91 Å². The maximum absolute atomic E-state index is 14.0. The topological polar surface area (TPSA) is 51.5 Å². The van der Waals surface area contributed by atoms with Gasteiger partial charge in [-0.2, -0.15) is 0 Å². The van der Waals surface area contributed by atoms with E-state index in [9.17, 15) is 9.59 Å². The number of nitrogens with zero attached hydrogens (tertiary/aromatic N) is 2. The van der Waals surface area contributed by atoms with E-state index >= 15 is 0 Å². The molecule has 0 bridgehead atoms. The summed E-state index contributed by atoms with van der Waals surface area (Å²) >= 11 is 6.05. The van der Waals surface area contributed by atoms with Crippen molar-refractivity contribution in [2.45, 2.75) is 51.5 Å². The quantitative estimate of drug-likeness (QED) is 0.273. The average Bonchev–Trinajstić information content (AvgIpc) is 3.20. The molecule has 1 aliphatic rings. The van der Waals surface area contributed by atoms with Gasteiger partial charge in [0.25, 0.3) is 5.91 Å². The van der Waals surface area contributed by atoms with Crippen LogP contribution in [-0.2, 0) is 11.2 Å². The van der Waals surface area contributed by atoms with Gasteiger partial charge in [0, 0.05) is 33.4 Å². The van der Waals surface area contributed by atoms with Crippen molar-refractivity contribution in [3.63, 3.8) is 0 Å². The first kappa shape index (κ1) is 25.1. The normalized spacial score (nSPS) is 14.0. The Balaban J connectivity index is 1.58. The summed E-state index contributed by atoms with van der Waals surface area (Å²) in [5, 5.41) is 1.43. The molecule has 1 aliphatic carbocycles. The summed E-state index contributed by atoms with van der Waals surface area (Å²) in [7, 11) is 1.62. The van der Waals surface area contributed by atoms with Crippen molar-refractivity contribution >= 4 is 40.0 Å². The van der Waals surface area contributed by atoms with Gasteiger partial charge >= 0.3 is 0 Å². The number of aromatic nitrogens is 1. The molecule has 0 unspecified atom stereocenters. The van der Waals surface area contributed by atoms with Crippen LogP contribution in [0.2, 0.25) is 5.02 Å². The fourth-order valence-corrected chi connectivity index (χ4v) is 5.64. The Hall–Kier alpha value is -3.57. The molecule has 0 N–H and O–H groups in total. The number of hydrogen-bond acceptors (Lipinski definition) is 3. The largest absolute Gasteiger partial charge is 0.497 e. The van der Waals surface area contributed by atoms with Crippen LogP contribution in [0.5, 0.6) is 5.75 Å². The van der Waals surface area contributed by atoms with E-state index in [1.807, 2.05) is 60.4 Å². The number of carbonyl (C=O) groups excluding carboxylic acids is 2. The van der Waals surface area contributed by atoms with Crippen LogP contribution in [0, 0.1) is 6.92 Å². The smallest absolute Gasteiger partial charge is 0.262 e. The molecular weight excluding hydrogens is 484 g/mol. The molecule has 5 nitrogen and oxygen atoms in total. The Morgan fingerprint density at radius 1 is 0.973 bits per heavy atom. The Morgan fingerprint density at radius 2 is 1.68 bits per heavy atom. The number of anilines is 1. The fourth-order valence-electron chi connectivity index (χ4n) is 5.52. The molecule has 0 saturated heterocycles. The zero-order chi connectivity index (χ0) is 25.9. The first-order valence-corrected chi connectivity index (χ1v) is 13.2. The number of amides is 1. The zero-order valence-electron chi connectivity index (χ0n) is 21.2. The lowest BCUT2D eigenvalue weighted by molar-refractivity contribution is -0.118. The van der Waals surface area contributed by atoms with E-state index in [0.717, 1.165) is 53.5 Å². The molecule has 5 rings (SSSR count). The van der Waals surface area contributed by atoms with Gasteiger partial charge in [0.15, 0.2) is 0 Å². The Kier molecular flexibility index (Phi) is 7.33. The van der Waals surface area contributed by atoms with Gasteiger partial charge in [-0.25, -0.2) is 0 Å². The number of halogens is 1. The van der Waals surface area contributed by atoms with E-state index in [1.54, 1.807) is 35.9 Å². The van der Waals surface area contributed by atoms with Crippen molar-refractivity contribution in [2.75, 3.05) is 12.0 Å². The molecule has 0 radical (unpaired) electrons. The molecule has 4 aromatic rings. The molecule has 6 heteroatoms. The highest BCUT2D eigenvalue weighted by Gasteiger charge is 2.29. The minimum atomic E-state index is -0.157. The van der Waals surface area contributed by atoms with Crippen LogP contribution in [0.4, 0.5) is 5.69 Å². The van der Waals surface area contributed by atoms with Crippen molar-refractivity contribution in [3.05, 3.63) is 94.6 Å². The van der Waals surface area contributed by atoms with Gasteiger partial charge in [0.05, 0.1) is 19.0 Å². The molecule has 1 heterocycles. The van der Waals surface area contributed by atoms with Crippen molar-refractivity contribution < 1.29 is 14.3 Å². The Morgan fingerprint density at radius 3 is 2.35 bits per heavy atom. The van der Waals surface area contributed by atoms with E-state index in [0.29, 0.717) is 16.3 Å². The fraction of sp³-hybridized carbons (Fsp3) is 0.290. The van der Waals surface area contributed by atoms with Crippen LogP contribution < -0.4 is 9.64 Å². The molecule has 1 fully saturated rings. The second-order valence-electron chi connectivity index (χ2n) is 9.66. The van der Waals surface area contributed by atoms with Crippen molar-refractivity contribution in [1.82, 2.24) is 4.57 Å². The van der Waals surface area contributed by atoms with Crippen LogP contribution >= 0.6 is 11.6 Å². The van der Waals surface area contributed by atoms with Crippen molar-refractivity contribution in [3.8, 4) is 5.75 Å². The summed E-state index contributed by atoms with van der Waals surface area (Å²) in [6, 6.07) is 22.7. The molecule has 0 aliphatic heterocycles. The van der Waals surface area contributed by atoms with Crippen LogP contribution in [-0.4, -0.2) is 29.5 Å². The average molecular weight is 515 g/mol. The second kappa shape index (κ2) is 10.8. The molecule has 1 saturated carbocycles. The minimum Gasteiger partial charge on any atom is -0.497 e. The predicted molar refractivity (Wildman–Crippen MR) is 149 cm³/mol. The number of para-hydroxylation sites is 1. The lowest BCUT2D eigenvalue weighted by atomic mass is 9.93. The SMILES string of the molecule is COc1ccc2c(c1)c(CC(=O)N(c1ccccc1)C1CCCCC1)c(C)n2C(=O)c1ccc(Cl)cc1. The molecule has 37 heavy (non-hydrogen) atoms. The summed E-state index contributed by atoms with van der Waals surface area (Å²) in [5.41, 5.74) is 3.82. The van der Waals surface area contributed by atoms with Gasteiger partial charge in [-0.15, -0.1) is 0 Å². The predicted octanol–water partition coefficient (Wildman–Crippen LogP) is 7.21. The second-order valence-corrected chi connectivity index (χ2v) is 10.1. The van der Waals surface area contributed by atoms with Crippen LogP contribution in [0.3, 0.4) is 0 Å². The van der Waals surface area contributed by atoms with Gasteiger partial charge in [-0.1, -0.05) is 49.1 Å². The third-order valence-corrected chi connectivity index (χ3v) is 7.66. The molecular formula is C31H31ClN2O3. The lowest BCUT2D eigenvalue weighted by Crippen LogP contribution is -2.42. The number of hydrogen-bond donors (Lipinski definition) is 0. The van der Waals surface area contributed by atoms with Crippen molar-refractivity contribution in [1.29, 1.82) is 0 Å². The first-order valence-electron chi connectivity index (χ1n) is 12.8. The standard InChI is InChI=1S/C31H31ClN2O3/c1-21-27(20-30(35)34(24-9-5-3-6-10-24)25-11-7-4-8-12-25)28-19-26(37-2)17-18-29(28)33(21)31(36)22-13-15-23(32)16-14-22/h3,5-6,9-10,13-19,25H,4,7-8,11-12,20H2,1-2H3. The number of rotatable bonds is 6. The number of methoxy groups -OCH3 is 1. The number of benzene rings is 3. The minimum absolute atomic E-state index is 0.0435. The van der Waals surface area contributed by atoms with E-state index in [4.69, 9.17) is 16.3 Å². The lowest BCUT2D eigenvalue weighted by Gasteiger charge is -2.34. The Bertz CT molecular complexity index is 1420. The molecule has 0 atom stereocenters. The number of fused-ring (bicyclic) bond motifs is 1. The molecule has 1 amide bonds. The Labute approximate surface area is 222 Å². The summed E-state index contributed by atoms with van der Waals surface area (Å²) < 4.78 is 7.20. The first-order chi connectivity index (χ1) is 18.0. The maximum Gasteiger partial charge on any atom is 0.262 e. The van der Waals surface area contributed by atoms with E-state index in [2.05, 4.69) is 0 Å².